The molecule has 1 atom stereocenters. The van der Waals surface area contributed by atoms with Crippen LogP contribution >= 0.6 is 0 Å². The number of benzene rings is 1. The number of nitrogens with one attached hydrogen (secondary N) is 1. The van der Waals surface area contributed by atoms with E-state index in [1.54, 1.807) is 12.1 Å². The lowest BCUT2D eigenvalue weighted by Gasteiger charge is -2.48. The van der Waals surface area contributed by atoms with E-state index in [0.717, 1.165) is 44.7 Å². The molecule has 1 aromatic carbocycles. The number of halogens is 1. The first kappa shape index (κ1) is 14.9. The van der Waals surface area contributed by atoms with Gasteiger partial charge in [0.2, 0.25) is 0 Å². The van der Waals surface area contributed by atoms with E-state index in [1.807, 2.05) is 19.2 Å². The minimum Gasteiger partial charge on any atom is -0.379 e. The average molecular weight is 292 g/mol. The molecule has 1 saturated heterocycles. The van der Waals surface area contributed by atoms with Gasteiger partial charge in [0.15, 0.2) is 0 Å². The number of ether oxygens (including phenoxy) is 1. The van der Waals surface area contributed by atoms with Gasteiger partial charge in [-0.2, -0.15) is 0 Å². The zero-order chi connectivity index (χ0) is 14.7. The molecule has 0 aromatic heterocycles. The Labute approximate surface area is 126 Å². The van der Waals surface area contributed by atoms with Crippen LogP contribution in [0.4, 0.5) is 4.39 Å². The van der Waals surface area contributed by atoms with Gasteiger partial charge < -0.3 is 10.1 Å². The van der Waals surface area contributed by atoms with Crippen LogP contribution in [0.25, 0.3) is 0 Å². The molecule has 1 heterocycles. The van der Waals surface area contributed by atoms with Crippen molar-refractivity contribution in [3.05, 3.63) is 35.6 Å². The third-order valence-corrected chi connectivity index (χ3v) is 5.15. The van der Waals surface area contributed by atoms with Gasteiger partial charge in [0.25, 0.3) is 0 Å². The molecule has 1 N–H and O–H groups in total. The van der Waals surface area contributed by atoms with Crippen molar-refractivity contribution in [2.75, 3.05) is 33.4 Å². The third-order valence-electron chi connectivity index (χ3n) is 5.15. The highest BCUT2D eigenvalue weighted by Gasteiger charge is 2.46. The molecule has 2 fully saturated rings. The van der Waals surface area contributed by atoms with Gasteiger partial charge in [0.05, 0.1) is 19.3 Å². The number of morpholine rings is 1. The molecule has 21 heavy (non-hydrogen) atoms. The lowest BCUT2D eigenvalue weighted by molar-refractivity contribution is -0.0358. The largest absolute Gasteiger partial charge is 0.379 e. The van der Waals surface area contributed by atoms with Gasteiger partial charge in [0, 0.05) is 24.2 Å². The van der Waals surface area contributed by atoms with Crippen LogP contribution in [0.1, 0.15) is 37.3 Å². The average Bonchev–Trinajstić information content (AvgIpc) is 3.01. The van der Waals surface area contributed by atoms with Crippen molar-refractivity contribution >= 4 is 0 Å². The molecule has 1 unspecified atom stereocenters. The summed E-state index contributed by atoms with van der Waals surface area (Å²) in [6.45, 7) is 3.48. The van der Waals surface area contributed by atoms with Crippen LogP contribution in [-0.2, 0) is 4.74 Å². The molecule has 1 aliphatic heterocycles. The molecular formula is C17H25FN2O. The predicted octanol–water partition coefficient (Wildman–Crippen LogP) is 2.73. The molecule has 0 amide bonds. The summed E-state index contributed by atoms with van der Waals surface area (Å²) >= 11 is 0. The first-order chi connectivity index (χ1) is 10.3. The van der Waals surface area contributed by atoms with E-state index in [0.29, 0.717) is 0 Å². The van der Waals surface area contributed by atoms with Gasteiger partial charge in [-0.05, 0) is 26.0 Å². The summed E-state index contributed by atoms with van der Waals surface area (Å²) in [5.41, 5.74) is 0.828. The maximum atomic E-state index is 14.3. The van der Waals surface area contributed by atoms with E-state index in [1.165, 1.54) is 12.8 Å². The summed E-state index contributed by atoms with van der Waals surface area (Å²) in [6.07, 6.45) is 4.72. The molecule has 116 valence electrons. The van der Waals surface area contributed by atoms with Gasteiger partial charge in [-0.15, -0.1) is 0 Å². The molecule has 0 radical (unpaired) electrons. The van der Waals surface area contributed by atoms with Crippen molar-refractivity contribution in [3.8, 4) is 0 Å². The van der Waals surface area contributed by atoms with Crippen molar-refractivity contribution < 1.29 is 9.13 Å². The quantitative estimate of drug-likeness (QED) is 0.923. The smallest absolute Gasteiger partial charge is 0.128 e. The van der Waals surface area contributed by atoms with Gasteiger partial charge in [0.1, 0.15) is 5.82 Å². The van der Waals surface area contributed by atoms with Gasteiger partial charge in [-0.25, -0.2) is 4.39 Å². The highest BCUT2D eigenvalue weighted by Crippen LogP contribution is 2.45. The second kappa shape index (κ2) is 6.42. The van der Waals surface area contributed by atoms with Crippen LogP contribution in [0, 0.1) is 5.82 Å². The second-order valence-electron chi connectivity index (χ2n) is 6.15. The Bertz CT molecular complexity index is 468. The highest BCUT2D eigenvalue weighted by molar-refractivity contribution is 5.26. The molecule has 1 aliphatic carbocycles. The summed E-state index contributed by atoms with van der Waals surface area (Å²) in [7, 11) is 1.96. The van der Waals surface area contributed by atoms with E-state index in [9.17, 15) is 4.39 Å². The molecule has 3 rings (SSSR count). The normalized spacial score (nSPS) is 24.1. The summed E-state index contributed by atoms with van der Waals surface area (Å²) in [6, 6.07) is 7.24. The second-order valence-corrected chi connectivity index (χ2v) is 6.15. The Hall–Kier alpha value is -0.970. The molecule has 1 saturated carbocycles. The van der Waals surface area contributed by atoms with Gasteiger partial charge >= 0.3 is 0 Å². The van der Waals surface area contributed by atoms with Crippen molar-refractivity contribution in [3.63, 3.8) is 0 Å². The number of likely N-dealkylation sites (N-methyl/N-ethyl adjacent to an activating group) is 1. The Morgan fingerprint density at radius 2 is 1.86 bits per heavy atom. The van der Waals surface area contributed by atoms with E-state index >= 15 is 0 Å². The number of hydrogen-bond acceptors (Lipinski definition) is 3. The minimum atomic E-state index is -0.101. The summed E-state index contributed by atoms with van der Waals surface area (Å²) in [5.74, 6) is -0.101. The lowest BCUT2D eigenvalue weighted by atomic mass is 9.81. The molecule has 4 heteroatoms. The SMILES string of the molecule is CNC(c1ccccc1F)C1(N2CCOCC2)CCCC1. The maximum Gasteiger partial charge on any atom is 0.128 e. The molecule has 0 spiro atoms. The molecule has 0 bridgehead atoms. The Morgan fingerprint density at radius 1 is 1.19 bits per heavy atom. The topological polar surface area (TPSA) is 24.5 Å². The van der Waals surface area contributed by atoms with Crippen molar-refractivity contribution in [1.29, 1.82) is 0 Å². The zero-order valence-electron chi connectivity index (χ0n) is 12.8. The number of nitrogens with zero attached hydrogens (tertiary/aromatic N) is 1. The molecular weight excluding hydrogens is 267 g/mol. The fraction of sp³-hybridized carbons (Fsp3) is 0.647. The van der Waals surface area contributed by atoms with Crippen LogP contribution in [0.5, 0.6) is 0 Å². The number of hydrogen-bond donors (Lipinski definition) is 1. The first-order valence-corrected chi connectivity index (χ1v) is 8.02. The summed E-state index contributed by atoms with van der Waals surface area (Å²) < 4.78 is 19.8. The summed E-state index contributed by atoms with van der Waals surface area (Å²) in [5, 5.41) is 3.42. The van der Waals surface area contributed by atoms with Crippen molar-refractivity contribution in [2.45, 2.75) is 37.3 Å². The van der Waals surface area contributed by atoms with Crippen LogP contribution in [-0.4, -0.2) is 43.8 Å². The molecule has 2 aliphatic rings. The number of rotatable bonds is 4. The van der Waals surface area contributed by atoms with E-state index < -0.39 is 0 Å². The summed E-state index contributed by atoms with van der Waals surface area (Å²) in [4.78, 5) is 2.54. The van der Waals surface area contributed by atoms with Gasteiger partial charge in [-0.1, -0.05) is 31.0 Å². The van der Waals surface area contributed by atoms with Crippen molar-refractivity contribution in [2.24, 2.45) is 0 Å². The van der Waals surface area contributed by atoms with E-state index in [4.69, 9.17) is 4.74 Å². The van der Waals surface area contributed by atoms with Gasteiger partial charge in [-0.3, -0.25) is 4.90 Å². The van der Waals surface area contributed by atoms with Crippen molar-refractivity contribution in [1.82, 2.24) is 10.2 Å². The van der Waals surface area contributed by atoms with E-state index in [2.05, 4.69) is 10.2 Å². The molecule has 1 aromatic rings. The van der Waals surface area contributed by atoms with Crippen LogP contribution in [0.15, 0.2) is 24.3 Å². The Kier molecular flexibility index (Phi) is 4.57. The monoisotopic (exact) mass is 292 g/mol. The maximum absolute atomic E-state index is 14.3. The fourth-order valence-corrected chi connectivity index (χ4v) is 4.21. The Morgan fingerprint density at radius 3 is 2.48 bits per heavy atom. The first-order valence-electron chi connectivity index (χ1n) is 8.02. The zero-order valence-corrected chi connectivity index (χ0v) is 12.8. The highest BCUT2D eigenvalue weighted by atomic mass is 19.1. The minimum absolute atomic E-state index is 0.0285. The third kappa shape index (κ3) is 2.72. The Balaban J connectivity index is 1.96. The molecule has 3 nitrogen and oxygen atoms in total. The standard InChI is InChI=1S/C17H25FN2O/c1-19-16(14-6-2-3-7-15(14)18)17(8-4-5-9-17)20-10-12-21-13-11-20/h2-3,6-7,16,19H,4-5,8-13H2,1H3. The fourth-order valence-electron chi connectivity index (χ4n) is 4.21. The van der Waals surface area contributed by atoms with Crippen LogP contribution in [0.3, 0.4) is 0 Å². The predicted molar refractivity (Wildman–Crippen MR) is 81.8 cm³/mol. The van der Waals surface area contributed by atoms with Crippen LogP contribution in [0.2, 0.25) is 0 Å². The lowest BCUT2D eigenvalue weighted by Crippen LogP contribution is -2.58. The van der Waals surface area contributed by atoms with E-state index in [-0.39, 0.29) is 17.4 Å². The van der Waals surface area contributed by atoms with Crippen LogP contribution < -0.4 is 5.32 Å².